The number of aromatic hydroxyl groups is 2. The van der Waals surface area contributed by atoms with Gasteiger partial charge in [0.15, 0.2) is 11.5 Å². The predicted molar refractivity (Wildman–Crippen MR) is 89.8 cm³/mol. The molecule has 116 valence electrons. The number of fused-ring (bicyclic) bond motifs is 1. The van der Waals surface area contributed by atoms with Gasteiger partial charge in [-0.2, -0.15) is 0 Å². The topological polar surface area (TPSA) is 55.7 Å². The van der Waals surface area contributed by atoms with E-state index in [0.29, 0.717) is 0 Å². The number of hydrogen-bond donors (Lipinski definition) is 3. The van der Waals surface area contributed by atoms with E-state index in [-0.39, 0.29) is 23.6 Å². The molecule has 2 aromatic carbocycles. The summed E-state index contributed by atoms with van der Waals surface area (Å²) in [6.07, 6.45) is 0.792. The zero-order chi connectivity index (χ0) is 15.9. The van der Waals surface area contributed by atoms with Crippen LogP contribution in [-0.4, -0.2) is 28.3 Å². The lowest BCUT2D eigenvalue weighted by molar-refractivity contribution is 0.172. The Morgan fingerprint density at radius 1 is 1.14 bits per heavy atom. The summed E-state index contributed by atoms with van der Waals surface area (Å²) in [5.74, 6) is -0.145. The van der Waals surface area contributed by atoms with Crippen molar-refractivity contribution < 1.29 is 10.2 Å². The first-order valence-electron chi connectivity index (χ1n) is 7.25. The van der Waals surface area contributed by atoms with Crippen LogP contribution in [0.2, 0.25) is 0 Å². The normalized spacial score (nSPS) is 22.1. The van der Waals surface area contributed by atoms with Crippen molar-refractivity contribution >= 4 is 15.9 Å². The molecule has 3 rings (SSSR count). The first kappa shape index (κ1) is 15.3. The Balaban J connectivity index is 2.16. The summed E-state index contributed by atoms with van der Waals surface area (Å²) in [6, 6.07) is 11.7. The lowest BCUT2D eigenvalue weighted by Crippen LogP contribution is -2.41. The minimum atomic E-state index is -0.0798. The van der Waals surface area contributed by atoms with E-state index >= 15 is 0 Å². The minimum Gasteiger partial charge on any atom is -0.504 e. The molecule has 0 amide bonds. The number of hydrogen-bond acceptors (Lipinski definition) is 4. The van der Waals surface area contributed by atoms with Crippen molar-refractivity contribution in [3.05, 3.63) is 57.6 Å². The summed E-state index contributed by atoms with van der Waals surface area (Å²) >= 11 is 3.46. The average Bonchev–Trinajstić information content (AvgIpc) is 2.56. The average molecular weight is 363 g/mol. The second-order valence-electron chi connectivity index (χ2n) is 5.84. The van der Waals surface area contributed by atoms with Crippen molar-refractivity contribution in [2.75, 3.05) is 7.05 Å². The van der Waals surface area contributed by atoms with Crippen LogP contribution in [0.15, 0.2) is 40.9 Å². The number of hydrazine groups is 1. The molecule has 0 aromatic heterocycles. The zero-order valence-corrected chi connectivity index (χ0v) is 14.1. The highest BCUT2D eigenvalue weighted by atomic mass is 79.9. The zero-order valence-electron chi connectivity index (χ0n) is 12.5. The van der Waals surface area contributed by atoms with E-state index in [1.165, 1.54) is 0 Å². The van der Waals surface area contributed by atoms with Crippen molar-refractivity contribution in [1.82, 2.24) is 10.4 Å². The third-order valence-electron chi connectivity index (χ3n) is 4.05. The fourth-order valence-corrected chi connectivity index (χ4v) is 3.39. The highest BCUT2D eigenvalue weighted by Gasteiger charge is 2.28. The molecule has 1 heterocycles. The van der Waals surface area contributed by atoms with Crippen molar-refractivity contribution in [3.63, 3.8) is 0 Å². The molecule has 0 saturated heterocycles. The van der Waals surface area contributed by atoms with Crippen LogP contribution in [-0.2, 0) is 6.42 Å². The maximum atomic E-state index is 9.93. The summed E-state index contributed by atoms with van der Waals surface area (Å²) in [7, 11) is 2.00. The van der Waals surface area contributed by atoms with Crippen LogP contribution in [0.1, 0.15) is 29.7 Å². The van der Waals surface area contributed by atoms with Gasteiger partial charge in [-0.25, -0.2) is 5.01 Å². The van der Waals surface area contributed by atoms with Crippen molar-refractivity contribution in [3.8, 4) is 11.5 Å². The molecular weight excluding hydrogens is 344 g/mol. The largest absolute Gasteiger partial charge is 0.504 e. The smallest absolute Gasteiger partial charge is 0.157 e. The molecule has 0 aliphatic carbocycles. The summed E-state index contributed by atoms with van der Waals surface area (Å²) in [5.41, 5.74) is 6.63. The molecule has 2 unspecified atom stereocenters. The number of halogens is 1. The van der Waals surface area contributed by atoms with Gasteiger partial charge >= 0.3 is 0 Å². The number of phenolic OH excluding ortho intramolecular Hbond substituents is 2. The lowest BCUT2D eigenvalue weighted by atomic mass is 9.92. The maximum Gasteiger partial charge on any atom is 0.157 e. The quantitative estimate of drug-likeness (QED) is 0.681. The first-order chi connectivity index (χ1) is 10.5. The molecule has 0 spiro atoms. The van der Waals surface area contributed by atoms with Crippen molar-refractivity contribution in [2.45, 2.75) is 25.4 Å². The Morgan fingerprint density at radius 3 is 2.45 bits per heavy atom. The monoisotopic (exact) mass is 362 g/mol. The van der Waals surface area contributed by atoms with Gasteiger partial charge < -0.3 is 10.2 Å². The van der Waals surface area contributed by atoms with Gasteiger partial charge in [-0.05, 0) is 54.3 Å². The van der Waals surface area contributed by atoms with Crippen LogP contribution in [0.3, 0.4) is 0 Å². The molecule has 1 aliphatic heterocycles. The standard InChI is InChI=1S/C17H19BrN2O2/c1-10-7-12-8-15(21)16(22)9-14(12)17(20(2)19-10)11-3-5-13(18)6-4-11/h3-6,8-10,17,19,21-22H,7H2,1-2H3. The van der Waals surface area contributed by atoms with E-state index in [0.717, 1.165) is 27.6 Å². The summed E-state index contributed by atoms with van der Waals surface area (Å²) in [4.78, 5) is 0. The predicted octanol–water partition coefficient (Wildman–Crippen LogP) is 3.33. The van der Waals surface area contributed by atoms with E-state index in [1.54, 1.807) is 12.1 Å². The highest BCUT2D eigenvalue weighted by Crippen LogP contribution is 2.38. The van der Waals surface area contributed by atoms with Gasteiger partial charge in [0, 0.05) is 17.6 Å². The van der Waals surface area contributed by atoms with Gasteiger partial charge in [-0.15, -0.1) is 0 Å². The summed E-state index contributed by atoms with van der Waals surface area (Å²) in [5, 5.41) is 21.8. The Kier molecular flexibility index (Phi) is 4.12. The Hall–Kier alpha value is -1.56. The molecule has 4 nitrogen and oxygen atoms in total. The highest BCUT2D eigenvalue weighted by molar-refractivity contribution is 9.10. The third kappa shape index (κ3) is 2.84. The van der Waals surface area contributed by atoms with Gasteiger partial charge in [0.2, 0.25) is 0 Å². The molecule has 3 N–H and O–H groups in total. The molecule has 22 heavy (non-hydrogen) atoms. The fraction of sp³-hybridized carbons (Fsp3) is 0.294. The van der Waals surface area contributed by atoms with E-state index in [1.807, 2.05) is 19.2 Å². The molecule has 5 heteroatoms. The van der Waals surface area contributed by atoms with Crippen molar-refractivity contribution in [2.24, 2.45) is 0 Å². The Morgan fingerprint density at radius 2 is 1.77 bits per heavy atom. The van der Waals surface area contributed by atoms with E-state index < -0.39 is 0 Å². The minimum absolute atomic E-state index is 0.0282. The third-order valence-corrected chi connectivity index (χ3v) is 4.58. The van der Waals surface area contributed by atoms with Crippen LogP contribution in [0, 0.1) is 0 Å². The molecule has 0 radical (unpaired) electrons. The molecule has 2 atom stereocenters. The molecule has 0 saturated carbocycles. The van der Waals surface area contributed by atoms with Crippen molar-refractivity contribution in [1.29, 1.82) is 0 Å². The molecule has 1 aliphatic rings. The first-order valence-corrected chi connectivity index (χ1v) is 8.04. The van der Waals surface area contributed by atoms with Gasteiger partial charge in [-0.3, -0.25) is 5.43 Å². The number of benzene rings is 2. The summed E-state index contributed by atoms with van der Waals surface area (Å²) < 4.78 is 1.03. The van der Waals surface area contributed by atoms with Gasteiger partial charge in [0.25, 0.3) is 0 Å². The van der Waals surface area contributed by atoms with Crippen LogP contribution < -0.4 is 5.43 Å². The fourth-order valence-electron chi connectivity index (χ4n) is 3.12. The van der Waals surface area contributed by atoms with Crippen LogP contribution in [0.5, 0.6) is 11.5 Å². The van der Waals surface area contributed by atoms with Gasteiger partial charge in [0.1, 0.15) is 0 Å². The number of rotatable bonds is 1. The number of phenols is 2. The van der Waals surface area contributed by atoms with E-state index in [2.05, 4.69) is 45.4 Å². The Bertz CT molecular complexity index is 688. The van der Waals surface area contributed by atoms with Gasteiger partial charge in [0.05, 0.1) is 6.04 Å². The molecule has 0 bridgehead atoms. The summed E-state index contributed by atoms with van der Waals surface area (Å²) in [6.45, 7) is 2.11. The van der Waals surface area contributed by atoms with E-state index in [4.69, 9.17) is 0 Å². The maximum absolute atomic E-state index is 9.93. The molecular formula is C17H19BrN2O2. The number of nitrogens with one attached hydrogen (secondary N) is 1. The lowest BCUT2D eigenvalue weighted by Gasteiger charge is -2.29. The van der Waals surface area contributed by atoms with Crippen LogP contribution in [0.4, 0.5) is 0 Å². The van der Waals surface area contributed by atoms with Crippen LogP contribution in [0.25, 0.3) is 0 Å². The second kappa shape index (κ2) is 5.91. The molecule has 2 aromatic rings. The van der Waals surface area contributed by atoms with Gasteiger partial charge in [-0.1, -0.05) is 28.1 Å². The van der Waals surface area contributed by atoms with Crippen LogP contribution >= 0.6 is 15.9 Å². The number of nitrogens with zero attached hydrogens (tertiary/aromatic N) is 1. The SMILES string of the molecule is CC1Cc2cc(O)c(O)cc2C(c2ccc(Br)cc2)N(C)N1. The van der Waals surface area contributed by atoms with E-state index in [9.17, 15) is 10.2 Å². The molecule has 0 fully saturated rings. The Labute approximate surface area is 138 Å². The second-order valence-corrected chi connectivity index (χ2v) is 6.75.